The molecule has 5 rings (SSSR count). The van der Waals surface area contributed by atoms with Gasteiger partial charge in [0.15, 0.2) is 11.3 Å². The second kappa shape index (κ2) is 9.67. The van der Waals surface area contributed by atoms with Gasteiger partial charge >= 0.3 is 17.6 Å². The summed E-state index contributed by atoms with van der Waals surface area (Å²) in [5, 5.41) is 18.3. The van der Waals surface area contributed by atoms with Crippen molar-refractivity contribution in [3.8, 4) is 11.5 Å². The average Bonchev–Trinajstić information content (AvgIpc) is 3.54. The molecule has 0 radical (unpaired) electrons. The van der Waals surface area contributed by atoms with Gasteiger partial charge in [0.05, 0.1) is 18.2 Å². The van der Waals surface area contributed by atoms with Crippen molar-refractivity contribution in [2.45, 2.75) is 32.9 Å². The molecule has 1 aliphatic rings. The van der Waals surface area contributed by atoms with Crippen molar-refractivity contribution in [3.63, 3.8) is 0 Å². The van der Waals surface area contributed by atoms with Crippen LogP contribution in [0.25, 0.3) is 5.65 Å². The highest BCUT2D eigenvalue weighted by Crippen LogP contribution is 2.36. The Morgan fingerprint density at radius 1 is 1.05 bits per heavy atom. The van der Waals surface area contributed by atoms with Gasteiger partial charge in [-0.3, -0.25) is 4.79 Å². The summed E-state index contributed by atoms with van der Waals surface area (Å²) in [6.45, 7) is 4.25. The van der Waals surface area contributed by atoms with E-state index in [2.05, 4.69) is 15.3 Å². The quantitative estimate of drug-likeness (QED) is 0.297. The summed E-state index contributed by atoms with van der Waals surface area (Å²) < 4.78 is 12.4. The Morgan fingerprint density at radius 3 is 2.51 bits per heavy atom. The van der Waals surface area contributed by atoms with Gasteiger partial charge in [-0.15, -0.1) is 5.10 Å². The van der Waals surface area contributed by atoms with Crippen LogP contribution >= 0.6 is 0 Å². The summed E-state index contributed by atoms with van der Waals surface area (Å²) in [5.41, 5.74) is 1.78. The number of phenols is 1. The first-order valence-electron chi connectivity index (χ1n) is 11.9. The molecule has 0 saturated carbocycles. The van der Waals surface area contributed by atoms with Gasteiger partial charge in [-0.05, 0) is 40.8 Å². The van der Waals surface area contributed by atoms with E-state index in [0.29, 0.717) is 17.7 Å². The van der Waals surface area contributed by atoms with E-state index in [9.17, 15) is 24.3 Å². The zero-order valence-corrected chi connectivity index (χ0v) is 21.5. The molecule has 0 unspecified atom stereocenters. The van der Waals surface area contributed by atoms with Crippen LogP contribution in [0.4, 0.5) is 0 Å². The smallest absolute Gasteiger partial charge is 0.366 e. The number of benzene rings is 2. The number of hydrogen-bond acceptors (Lipinski definition) is 10. The van der Waals surface area contributed by atoms with Crippen LogP contribution in [0.5, 0.6) is 11.5 Å². The van der Waals surface area contributed by atoms with Gasteiger partial charge in [0.2, 0.25) is 0 Å². The lowest BCUT2D eigenvalue weighted by Crippen LogP contribution is -2.27. The summed E-state index contributed by atoms with van der Waals surface area (Å²) in [5.74, 6) is -2.32. The molecular weight excluding hydrogens is 508 g/mol. The van der Waals surface area contributed by atoms with Crippen LogP contribution in [-0.4, -0.2) is 59.3 Å². The first-order chi connectivity index (χ1) is 18.6. The molecule has 200 valence electrons. The predicted molar refractivity (Wildman–Crippen MR) is 135 cm³/mol. The Morgan fingerprint density at radius 2 is 1.79 bits per heavy atom. The van der Waals surface area contributed by atoms with Crippen LogP contribution in [-0.2, 0) is 24.9 Å². The van der Waals surface area contributed by atoms with Crippen LogP contribution in [0.1, 0.15) is 67.7 Å². The second-order valence-corrected chi connectivity index (χ2v) is 9.37. The minimum atomic E-state index is -0.906. The van der Waals surface area contributed by atoms with Crippen LogP contribution in [0, 0.1) is 0 Å². The molecule has 0 spiro atoms. The van der Waals surface area contributed by atoms with Gasteiger partial charge in [-0.1, -0.05) is 25.1 Å². The number of aryl methyl sites for hydroxylation is 1. The van der Waals surface area contributed by atoms with E-state index >= 15 is 0 Å². The van der Waals surface area contributed by atoms with Gasteiger partial charge < -0.3 is 19.5 Å². The van der Waals surface area contributed by atoms with E-state index in [0.717, 1.165) is 26.5 Å². The van der Waals surface area contributed by atoms with Gasteiger partial charge in [0, 0.05) is 26.2 Å². The van der Waals surface area contributed by atoms with E-state index in [1.54, 1.807) is 23.1 Å². The largest absolute Gasteiger partial charge is 0.507 e. The average molecular weight is 533 g/mol. The Kier molecular flexibility index (Phi) is 6.34. The van der Waals surface area contributed by atoms with Crippen LogP contribution in [0.2, 0.25) is 0 Å². The molecule has 2 aromatic carbocycles. The molecular formula is C26H24N6O7. The third kappa shape index (κ3) is 4.47. The van der Waals surface area contributed by atoms with Crippen molar-refractivity contribution in [2.75, 3.05) is 7.11 Å². The molecule has 0 fully saturated rings. The highest BCUT2D eigenvalue weighted by Gasteiger charge is 2.29. The number of carbonyl (C=O) groups is 3. The number of aromatic nitrogens is 5. The number of hydrogen-bond donors (Lipinski definition) is 1. The highest BCUT2D eigenvalue weighted by molar-refractivity contribution is 5.99. The maximum atomic E-state index is 13.4. The van der Waals surface area contributed by atoms with Crippen molar-refractivity contribution < 1.29 is 29.0 Å². The maximum Gasteiger partial charge on any atom is 0.366 e. The Labute approximate surface area is 221 Å². The van der Waals surface area contributed by atoms with Crippen molar-refractivity contribution in [3.05, 3.63) is 80.7 Å². The van der Waals surface area contributed by atoms with E-state index < -0.39 is 23.5 Å². The van der Waals surface area contributed by atoms with Crippen LogP contribution < -0.4 is 10.4 Å². The zero-order chi connectivity index (χ0) is 28.0. The number of nitrogens with zero attached hydrogens (tertiary/aromatic N) is 6. The van der Waals surface area contributed by atoms with Gasteiger partial charge in [-0.2, -0.15) is 4.68 Å². The number of aromatic hydroxyl groups is 1. The molecule has 13 nitrogen and oxygen atoms in total. The molecule has 3 heterocycles. The minimum Gasteiger partial charge on any atom is -0.507 e. The lowest BCUT2D eigenvalue weighted by atomic mass is 9.98. The van der Waals surface area contributed by atoms with E-state index in [-0.39, 0.29) is 40.9 Å². The van der Waals surface area contributed by atoms with Crippen molar-refractivity contribution >= 4 is 23.5 Å². The summed E-state index contributed by atoms with van der Waals surface area (Å²) in [6.07, 6.45) is 1.15. The molecule has 0 saturated heterocycles. The lowest BCUT2D eigenvalue weighted by molar-refractivity contribution is 0.0599. The van der Waals surface area contributed by atoms with Gasteiger partial charge in [0.25, 0.3) is 5.91 Å². The van der Waals surface area contributed by atoms with Gasteiger partial charge in [-0.25, -0.2) is 23.8 Å². The number of methoxy groups -OCH3 is 1. The standard InChI is InChI=1S/C26H24N6O7/c1-13(2)17-8-18(23(34)31-10-15-6-5-14(24(35)38-4)7-16(15)11-31)19(33)9-20(17)39-25(36)21-22-28-29-30(3)26(37)32(22)12-27-21/h5-9,12-13,33H,10-11H2,1-4H3. The summed E-state index contributed by atoms with van der Waals surface area (Å²) in [7, 11) is 2.71. The third-order valence-electron chi connectivity index (χ3n) is 6.51. The minimum absolute atomic E-state index is 0.0365. The fraction of sp³-hybridized carbons (Fsp3) is 0.269. The summed E-state index contributed by atoms with van der Waals surface area (Å²) >= 11 is 0. The van der Waals surface area contributed by atoms with Crippen LogP contribution in [0.3, 0.4) is 0 Å². The molecule has 2 aromatic heterocycles. The molecule has 39 heavy (non-hydrogen) atoms. The monoisotopic (exact) mass is 532 g/mol. The topological polar surface area (TPSA) is 158 Å². The Hall–Kier alpha value is -5.07. The SMILES string of the molecule is COC(=O)c1ccc2c(c1)CN(C(=O)c1cc(C(C)C)c(OC(=O)c3ncn4c(=O)n(C)nnc34)cc1O)C2. The number of carbonyl (C=O) groups excluding carboxylic acids is 3. The van der Waals surface area contributed by atoms with E-state index in [1.807, 2.05) is 13.8 Å². The lowest BCUT2D eigenvalue weighted by Gasteiger charge is -2.19. The molecule has 1 amide bonds. The summed E-state index contributed by atoms with van der Waals surface area (Å²) in [6, 6.07) is 7.81. The first kappa shape index (κ1) is 25.6. The number of amides is 1. The Balaban J connectivity index is 1.42. The molecule has 0 bridgehead atoms. The number of fused-ring (bicyclic) bond motifs is 2. The van der Waals surface area contributed by atoms with Crippen LogP contribution in [0.15, 0.2) is 41.5 Å². The molecule has 1 N–H and O–H groups in total. The number of imidazole rings is 1. The van der Waals surface area contributed by atoms with E-state index in [4.69, 9.17) is 9.47 Å². The highest BCUT2D eigenvalue weighted by atomic mass is 16.5. The number of phenolic OH excluding ortho intramolecular Hbond substituents is 1. The second-order valence-electron chi connectivity index (χ2n) is 9.37. The summed E-state index contributed by atoms with van der Waals surface area (Å²) in [4.78, 5) is 55.9. The number of esters is 2. The van der Waals surface area contributed by atoms with Crippen molar-refractivity contribution in [2.24, 2.45) is 7.05 Å². The number of ether oxygens (including phenoxy) is 2. The molecule has 13 heteroatoms. The molecule has 1 aliphatic heterocycles. The fourth-order valence-corrected chi connectivity index (χ4v) is 4.42. The Bertz CT molecular complexity index is 1720. The van der Waals surface area contributed by atoms with Crippen molar-refractivity contribution in [1.82, 2.24) is 29.3 Å². The third-order valence-corrected chi connectivity index (χ3v) is 6.51. The molecule has 0 atom stereocenters. The van der Waals surface area contributed by atoms with E-state index in [1.165, 1.54) is 26.3 Å². The molecule has 4 aromatic rings. The number of rotatable bonds is 5. The van der Waals surface area contributed by atoms with Crippen molar-refractivity contribution in [1.29, 1.82) is 0 Å². The fourth-order valence-electron chi connectivity index (χ4n) is 4.42. The van der Waals surface area contributed by atoms with Gasteiger partial charge in [0.1, 0.15) is 17.8 Å². The normalized spacial score (nSPS) is 12.6. The predicted octanol–water partition coefficient (Wildman–Crippen LogP) is 1.81. The first-order valence-corrected chi connectivity index (χ1v) is 11.9. The molecule has 0 aliphatic carbocycles. The maximum absolute atomic E-state index is 13.4. The zero-order valence-electron chi connectivity index (χ0n) is 21.5.